The summed E-state index contributed by atoms with van der Waals surface area (Å²) in [5.74, 6) is 0. The first-order valence-corrected chi connectivity index (χ1v) is 8.23. The molecule has 2 heteroatoms. The zero-order chi connectivity index (χ0) is 17.1. The number of hydrogen-bond acceptors (Lipinski definition) is 0. The normalized spacial score (nSPS) is 13.0. The smallest absolute Gasteiger partial charge is 0.229 e. The Hall–Kier alpha value is -2.09. The van der Waals surface area contributed by atoms with Crippen LogP contribution in [0.1, 0.15) is 41.5 Å². The molecule has 0 heterocycles. The first-order valence-electron chi connectivity index (χ1n) is 8.23. The van der Waals surface area contributed by atoms with Gasteiger partial charge in [0.05, 0.1) is 0 Å². The molecule has 0 aliphatic carbocycles. The first-order chi connectivity index (χ1) is 10.7. The number of anilines is 1. The van der Waals surface area contributed by atoms with Gasteiger partial charge < -0.3 is 0 Å². The maximum atomic E-state index is 2.34. The SMILES string of the molecule is CC(C)(C)N(C=[N+](c1ccccc1)C(C)(C)C)c1ccccc1. The van der Waals surface area contributed by atoms with Crippen LogP contribution in [0.15, 0.2) is 60.7 Å². The summed E-state index contributed by atoms with van der Waals surface area (Å²) in [6.45, 7) is 13.4. The predicted molar refractivity (Wildman–Crippen MR) is 101 cm³/mol. The fourth-order valence-electron chi connectivity index (χ4n) is 2.55. The Morgan fingerprint density at radius 2 is 1.22 bits per heavy atom. The maximum Gasteiger partial charge on any atom is 0.245 e. The van der Waals surface area contributed by atoms with E-state index in [1.807, 2.05) is 0 Å². The molecule has 0 unspecified atom stereocenters. The second kappa shape index (κ2) is 6.57. The minimum absolute atomic E-state index is 0.0143. The molecule has 0 radical (unpaired) electrons. The van der Waals surface area contributed by atoms with Crippen molar-refractivity contribution in [2.75, 3.05) is 4.90 Å². The highest BCUT2D eigenvalue weighted by atomic mass is 15.3. The third kappa shape index (κ3) is 4.44. The average Bonchev–Trinajstić information content (AvgIpc) is 2.47. The lowest BCUT2D eigenvalue weighted by atomic mass is 10.0. The van der Waals surface area contributed by atoms with Crippen LogP contribution in [0.4, 0.5) is 11.4 Å². The van der Waals surface area contributed by atoms with Gasteiger partial charge in [0.1, 0.15) is 22.5 Å². The molecule has 0 saturated heterocycles. The number of para-hydroxylation sites is 2. The summed E-state index contributed by atoms with van der Waals surface area (Å²) in [6.07, 6.45) is 2.24. The van der Waals surface area contributed by atoms with E-state index in [1.165, 1.54) is 11.4 Å². The summed E-state index contributed by atoms with van der Waals surface area (Å²) >= 11 is 0. The predicted octanol–water partition coefficient (Wildman–Crippen LogP) is 5.46. The van der Waals surface area contributed by atoms with Crippen LogP contribution in [0.2, 0.25) is 0 Å². The van der Waals surface area contributed by atoms with Gasteiger partial charge in [-0.3, -0.25) is 0 Å². The first kappa shape index (κ1) is 17.3. The molecule has 0 aliphatic heterocycles. The van der Waals surface area contributed by atoms with E-state index in [-0.39, 0.29) is 11.1 Å². The Labute approximate surface area is 141 Å². The summed E-state index contributed by atoms with van der Waals surface area (Å²) in [7, 11) is 0. The molecule has 0 aromatic heterocycles. The largest absolute Gasteiger partial charge is 0.245 e. The van der Waals surface area contributed by atoms with Gasteiger partial charge in [0, 0.05) is 0 Å². The number of hydrogen-bond donors (Lipinski definition) is 0. The highest BCUT2D eigenvalue weighted by Gasteiger charge is 2.31. The van der Waals surface area contributed by atoms with Crippen molar-refractivity contribution in [2.24, 2.45) is 0 Å². The summed E-state index contributed by atoms with van der Waals surface area (Å²) in [5, 5.41) is 0. The fourth-order valence-corrected chi connectivity index (χ4v) is 2.55. The van der Waals surface area contributed by atoms with E-state index in [2.05, 4.69) is 118 Å². The van der Waals surface area contributed by atoms with Crippen molar-refractivity contribution in [1.82, 2.24) is 0 Å². The molecule has 2 aromatic carbocycles. The highest BCUT2D eigenvalue weighted by Crippen LogP contribution is 2.25. The van der Waals surface area contributed by atoms with Gasteiger partial charge in [-0.05, 0) is 65.8 Å². The van der Waals surface area contributed by atoms with Gasteiger partial charge in [-0.2, -0.15) is 0 Å². The van der Waals surface area contributed by atoms with Gasteiger partial charge in [-0.15, -0.1) is 0 Å². The van der Waals surface area contributed by atoms with Gasteiger partial charge in [-0.1, -0.05) is 36.4 Å². The van der Waals surface area contributed by atoms with Gasteiger partial charge in [0.2, 0.25) is 6.34 Å². The molecule has 0 N–H and O–H groups in total. The van der Waals surface area contributed by atoms with Crippen LogP contribution < -0.4 is 4.90 Å². The monoisotopic (exact) mass is 309 g/mol. The molecule has 0 bridgehead atoms. The number of rotatable bonds is 3. The average molecular weight is 309 g/mol. The number of benzene rings is 2. The van der Waals surface area contributed by atoms with E-state index in [4.69, 9.17) is 0 Å². The minimum Gasteiger partial charge on any atom is -0.229 e. The molecule has 0 atom stereocenters. The van der Waals surface area contributed by atoms with Crippen LogP contribution >= 0.6 is 0 Å². The Bertz CT molecular complexity index is 644. The van der Waals surface area contributed by atoms with Crippen LogP contribution in [0.25, 0.3) is 0 Å². The second-order valence-electron chi connectivity index (χ2n) is 7.87. The second-order valence-corrected chi connectivity index (χ2v) is 7.87. The lowest BCUT2D eigenvalue weighted by molar-refractivity contribution is -0.516. The standard InChI is InChI=1S/C21H29N2/c1-20(2,3)22(18-13-9-7-10-14-18)17-23(21(4,5)6)19-15-11-8-12-16-19/h7-17H,1-6H3/q+1. The zero-order valence-corrected chi connectivity index (χ0v) is 15.2. The van der Waals surface area contributed by atoms with Gasteiger partial charge in [0.25, 0.3) is 0 Å². The van der Waals surface area contributed by atoms with E-state index < -0.39 is 0 Å². The Morgan fingerprint density at radius 1 is 0.739 bits per heavy atom. The van der Waals surface area contributed by atoms with Crippen LogP contribution in [0, 0.1) is 0 Å². The topological polar surface area (TPSA) is 6.25 Å². The van der Waals surface area contributed by atoms with Crippen molar-refractivity contribution in [3.05, 3.63) is 60.7 Å². The van der Waals surface area contributed by atoms with Crippen molar-refractivity contribution in [3.63, 3.8) is 0 Å². The Kier molecular flexibility index (Phi) is 4.93. The van der Waals surface area contributed by atoms with Gasteiger partial charge >= 0.3 is 0 Å². The van der Waals surface area contributed by atoms with E-state index in [1.54, 1.807) is 0 Å². The van der Waals surface area contributed by atoms with Crippen LogP contribution in [0.5, 0.6) is 0 Å². The molecular weight excluding hydrogens is 280 g/mol. The van der Waals surface area contributed by atoms with Crippen molar-refractivity contribution < 1.29 is 4.58 Å². The Balaban J connectivity index is 2.58. The third-order valence-electron chi connectivity index (χ3n) is 3.75. The minimum atomic E-state index is -0.0143. The summed E-state index contributed by atoms with van der Waals surface area (Å²) in [4.78, 5) is 2.34. The van der Waals surface area contributed by atoms with Crippen molar-refractivity contribution in [3.8, 4) is 0 Å². The molecule has 2 rings (SSSR count). The van der Waals surface area contributed by atoms with E-state index >= 15 is 0 Å². The lowest BCUT2D eigenvalue weighted by Crippen LogP contribution is -2.45. The van der Waals surface area contributed by atoms with Crippen LogP contribution in [-0.2, 0) is 0 Å². The molecule has 23 heavy (non-hydrogen) atoms. The van der Waals surface area contributed by atoms with Crippen LogP contribution in [0.3, 0.4) is 0 Å². The maximum absolute atomic E-state index is 2.34. The molecule has 2 aromatic rings. The highest BCUT2D eigenvalue weighted by molar-refractivity contribution is 5.78. The molecule has 122 valence electrons. The molecule has 2 nitrogen and oxygen atoms in total. The van der Waals surface area contributed by atoms with E-state index in [9.17, 15) is 0 Å². The van der Waals surface area contributed by atoms with Crippen LogP contribution in [-0.4, -0.2) is 22.0 Å². The van der Waals surface area contributed by atoms with E-state index in [0.29, 0.717) is 0 Å². The summed E-state index contributed by atoms with van der Waals surface area (Å²) in [6, 6.07) is 21.1. The molecular formula is C21H29N2+. The molecule has 0 saturated carbocycles. The summed E-state index contributed by atoms with van der Waals surface area (Å²) < 4.78 is 2.34. The van der Waals surface area contributed by atoms with Gasteiger partial charge in [-0.25, -0.2) is 9.48 Å². The molecule has 0 aliphatic rings. The zero-order valence-electron chi connectivity index (χ0n) is 15.2. The van der Waals surface area contributed by atoms with Crippen molar-refractivity contribution in [1.29, 1.82) is 0 Å². The lowest BCUT2D eigenvalue weighted by Gasteiger charge is -2.31. The van der Waals surface area contributed by atoms with Gasteiger partial charge in [0.15, 0.2) is 0 Å². The molecule has 0 spiro atoms. The quantitative estimate of drug-likeness (QED) is 0.414. The summed E-state index contributed by atoms with van der Waals surface area (Å²) in [5.41, 5.74) is 2.37. The van der Waals surface area contributed by atoms with Crippen molar-refractivity contribution >= 4 is 17.7 Å². The third-order valence-corrected chi connectivity index (χ3v) is 3.75. The number of nitrogens with zero attached hydrogens (tertiary/aromatic N) is 2. The van der Waals surface area contributed by atoms with Crippen molar-refractivity contribution in [2.45, 2.75) is 52.6 Å². The Morgan fingerprint density at radius 3 is 1.65 bits per heavy atom. The molecule has 0 fully saturated rings. The van der Waals surface area contributed by atoms with E-state index in [0.717, 1.165) is 0 Å². The fraction of sp³-hybridized carbons (Fsp3) is 0.381. The molecule has 0 amide bonds.